The van der Waals surface area contributed by atoms with Crippen molar-refractivity contribution in [1.82, 2.24) is 0 Å². The number of hydrogen-bond acceptors (Lipinski definition) is 0. The Morgan fingerprint density at radius 3 is 2.33 bits per heavy atom. The van der Waals surface area contributed by atoms with E-state index >= 15 is 0 Å². The number of aryl methyl sites for hydroxylation is 2. The van der Waals surface area contributed by atoms with Crippen LogP contribution >= 0.6 is 11.6 Å². The monoisotopic (exact) mass is 266 g/mol. The summed E-state index contributed by atoms with van der Waals surface area (Å²) in [4.78, 5) is 0. The molecule has 0 amide bonds. The fraction of sp³-hybridized carbons (Fsp3) is 0.200. The number of halogens is 3. The average Bonchev–Trinajstić information content (AvgIpc) is 2.31. The second-order valence-electron chi connectivity index (χ2n) is 4.39. The highest BCUT2D eigenvalue weighted by Gasteiger charge is 2.17. The van der Waals surface area contributed by atoms with Gasteiger partial charge in [0.1, 0.15) is 11.6 Å². The Hall–Kier alpha value is -1.41. The third-order valence-electron chi connectivity index (χ3n) is 2.93. The first-order valence-electron chi connectivity index (χ1n) is 5.65. The summed E-state index contributed by atoms with van der Waals surface area (Å²) in [5, 5.41) is -0.679. The molecule has 1 unspecified atom stereocenters. The second-order valence-corrected chi connectivity index (χ2v) is 4.82. The Labute approximate surface area is 110 Å². The van der Waals surface area contributed by atoms with Crippen LogP contribution < -0.4 is 0 Å². The molecule has 0 aromatic heterocycles. The Balaban J connectivity index is 2.47. The Morgan fingerprint density at radius 1 is 0.944 bits per heavy atom. The molecular weight excluding hydrogens is 254 g/mol. The Kier molecular flexibility index (Phi) is 3.67. The van der Waals surface area contributed by atoms with Crippen LogP contribution in [-0.2, 0) is 0 Å². The third-order valence-corrected chi connectivity index (χ3v) is 3.40. The first-order chi connectivity index (χ1) is 8.49. The van der Waals surface area contributed by atoms with Gasteiger partial charge in [-0.1, -0.05) is 23.8 Å². The van der Waals surface area contributed by atoms with E-state index in [0.29, 0.717) is 0 Å². The van der Waals surface area contributed by atoms with Crippen molar-refractivity contribution in [3.05, 3.63) is 70.3 Å². The molecule has 0 aliphatic carbocycles. The fourth-order valence-electron chi connectivity index (χ4n) is 1.99. The lowest BCUT2D eigenvalue weighted by molar-refractivity contribution is 0.587. The topological polar surface area (TPSA) is 0 Å². The molecule has 0 fully saturated rings. The fourth-order valence-corrected chi connectivity index (χ4v) is 2.40. The van der Waals surface area contributed by atoms with E-state index in [4.69, 9.17) is 11.6 Å². The van der Waals surface area contributed by atoms with Gasteiger partial charge in [0.05, 0.1) is 5.38 Å². The predicted octanol–water partition coefficient (Wildman–Crippen LogP) is 4.91. The molecule has 1 atom stereocenters. The van der Waals surface area contributed by atoms with Gasteiger partial charge in [0.2, 0.25) is 0 Å². The zero-order valence-corrected chi connectivity index (χ0v) is 10.9. The standard InChI is InChI=1S/C15H13ClF2/c1-9-3-5-12(10(2)7-9)15(16)13-8-11(17)4-6-14(13)18/h3-8,15H,1-2H3. The van der Waals surface area contributed by atoms with E-state index in [9.17, 15) is 8.78 Å². The molecule has 0 bridgehead atoms. The number of benzene rings is 2. The zero-order chi connectivity index (χ0) is 13.3. The molecule has 2 aromatic carbocycles. The average molecular weight is 267 g/mol. The van der Waals surface area contributed by atoms with Crippen LogP contribution in [0.1, 0.15) is 27.6 Å². The molecule has 0 aliphatic heterocycles. The zero-order valence-electron chi connectivity index (χ0n) is 10.2. The lowest BCUT2D eigenvalue weighted by Crippen LogP contribution is -2.00. The quantitative estimate of drug-likeness (QED) is 0.678. The van der Waals surface area contributed by atoms with Crippen molar-refractivity contribution in [3.63, 3.8) is 0 Å². The maximum Gasteiger partial charge on any atom is 0.128 e. The van der Waals surface area contributed by atoms with Crippen molar-refractivity contribution in [2.45, 2.75) is 19.2 Å². The number of alkyl halides is 1. The van der Waals surface area contributed by atoms with Crippen LogP contribution in [0.2, 0.25) is 0 Å². The number of rotatable bonds is 2. The summed E-state index contributed by atoms with van der Waals surface area (Å²) in [5.74, 6) is -0.974. The molecule has 0 heterocycles. The van der Waals surface area contributed by atoms with Gasteiger partial charge < -0.3 is 0 Å². The minimum Gasteiger partial charge on any atom is -0.207 e. The molecule has 94 valence electrons. The highest BCUT2D eigenvalue weighted by atomic mass is 35.5. The maximum atomic E-state index is 13.7. The van der Waals surface area contributed by atoms with Crippen molar-refractivity contribution in [1.29, 1.82) is 0 Å². The molecule has 0 saturated carbocycles. The molecule has 0 aliphatic rings. The van der Waals surface area contributed by atoms with E-state index in [1.54, 1.807) is 0 Å². The lowest BCUT2D eigenvalue weighted by Gasteiger charge is -2.14. The summed E-state index contributed by atoms with van der Waals surface area (Å²) < 4.78 is 26.8. The van der Waals surface area contributed by atoms with Gasteiger partial charge in [-0.2, -0.15) is 0 Å². The summed E-state index contributed by atoms with van der Waals surface area (Å²) >= 11 is 6.26. The SMILES string of the molecule is Cc1ccc(C(Cl)c2cc(F)ccc2F)c(C)c1. The second kappa shape index (κ2) is 5.07. The van der Waals surface area contributed by atoms with Gasteiger partial charge in [-0.15, -0.1) is 11.6 Å². The lowest BCUT2D eigenvalue weighted by atomic mass is 9.98. The van der Waals surface area contributed by atoms with Crippen molar-refractivity contribution in [3.8, 4) is 0 Å². The number of hydrogen-bond donors (Lipinski definition) is 0. The minimum atomic E-state index is -0.679. The van der Waals surface area contributed by atoms with Crippen LogP contribution in [0.3, 0.4) is 0 Å². The minimum absolute atomic E-state index is 0.170. The highest BCUT2D eigenvalue weighted by molar-refractivity contribution is 6.22. The van der Waals surface area contributed by atoms with E-state index < -0.39 is 17.0 Å². The van der Waals surface area contributed by atoms with Crippen LogP contribution in [0.15, 0.2) is 36.4 Å². The van der Waals surface area contributed by atoms with Crippen LogP contribution in [-0.4, -0.2) is 0 Å². The van der Waals surface area contributed by atoms with Crippen molar-refractivity contribution < 1.29 is 8.78 Å². The van der Waals surface area contributed by atoms with Gasteiger partial charge in [0, 0.05) is 5.56 Å². The molecule has 0 spiro atoms. The Morgan fingerprint density at radius 2 is 1.67 bits per heavy atom. The van der Waals surface area contributed by atoms with Crippen LogP contribution in [0.4, 0.5) is 8.78 Å². The van der Waals surface area contributed by atoms with Gasteiger partial charge in [-0.05, 0) is 43.2 Å². The van der Waals surface area contributed by atoms with Gasteiger partial charge in [0.15, 0.2) is 0 Å². The van der Waals surface area contributed by atoms with E-state index in [-0.39, 0.29) is 5.56 Å². The molecule has 0 radical (unpaired) electrons. The molecule has 3 heteroatoms. The molecule has 0 saturated heterocycles. The smallest absolute Gasteiger partial charge is 0.128 e. The Bertz CT molecular complexity index is 579. The summed E-state index contributed by atoms with van der Waals surface area (Å²) in [5.41, 5.74) is 3.05. The van der Waals surface area contributed by atoms with Crippen LogP contribution in [0.5, 0.6) is 0 Å². The van der Waals surface area contributed by atoms with Gasteiger partial charge >= 0.3 is 0 Å². The summed E-state index contributed by atoms with van der Waals surface area (Å²) in [6, 6.07) is 9.07. The van der Waals surface area contributed by atoms with E-state index in [0.717, 1.165) is 34.9 Å². The van der Waals surface area contributed by atoms with Gasteiger partial charge in [-0.25, -0.2) is 8.78 Å². The van der Waals surface area contributed by atoms with Crippen molar-refractivity contribution in [2.75, 3.05) is 0 Å². The van der Waals surface area contributed by atoms with E-state index in [1.807, 2.05) is 32.0 Å². The van der Waals surface area contributed by atoms with Crippen LogP contribution in [0.25, 0.3) is 0 Å². The normalized spacial score (nSPS) is 12.5. The van der Waals surface area contributed by atoms with Crippen molar-refractivity contribution >= 4 is 11.6 Å². The van der Waals surface area contributed by atoms with E-state index in [1.165, 1.54) is 0 Å². The molecular formula is C15H13ClF2. The summed E-state index contributed by atoms with van der Waals surface area (Å²) in [7, 11) is 0. The molecule has 2 aromatic rings. The van der Waals surface area contributed by atoms with E-state index in [2.05, 4.69) is 0 Å². The molecule has 0 nitrogen and oxygen atoms in total. The third kappa shape index (κ3) is 2.54. The van der Waals surface area contributed by atoms with Gasteiger partial charge in [0.25, 0.3) is 0 Å². The highest BCUT2D eigenvalue weighted by Crippen LogP contribution is 2.33. The van der Waals surface area contributed by atoms with Gasteiger partial charge in [-0.3, -0.25) is 0 Å². The molecule has 18 heavy (non-hydrogen) atoms. The first kappa shape index (κ1) is 13.0. The summed E-state index contributed by atoms with van der Waals surface area (Å²) in [6.45, 7) is 3.89. The molecule has 2 rings (SSSR count). The van der Waals surface area contributed by atoms with Crippen molar-refractivity contribution in [2.24, 2.45) is 0 Å². The summed E-state index contributed by atoms with van der Waals surface area (Å²) in [6.07, 6.45) is 0. The predicted molar refractivity (Wildman–Crippen MR) is 70.0 cm³/mol. The molecule has 0 N–H and O–H groups in total. The first-order valence-corrected chi connectivity index (χ1v) is 6.09. The largest absolute Gasteiger partial charge is 0.207 e. The van der Waals surface area contributed by atoms with Crippen LogP contribution in [0, 0.1) is 25.5 Å². The maximum absolute atomic E-state index is 13.7.